The number of aromatic nitrogens is 1. The maximum Gasteiger partial charge on any atom is 0.387 e. The van der Waals surface area contributed by atoms with Crippen LogP contribution in [0.3, 0.4) is 0 Å². The minimum atomic E-state index is -3.01. The molecule has 0 bridgehead atoms. The highest BCUT2D eigenvalue weighted by atomic mass is 19.3. The van der Waals surface area contributed by atoms with Gasteiger partial charge in [0.15, 0.2) is 17.9 Å². The molecule has 1 N–H and O–H groups in total. The summed E-state index contributed by atoms with van der Waals surface area (Å²) in [5.74, 6) is -0.589. The topological polar surface area (TPSA) is 106 Å². The van der Waals surface area contributed by atoms with E-state index in [1.54, 1.807) is 30.3 Å². The lowest BCUT2D eigenvalue weighted by atomic mass is 9.89. The Morgan fingerprint density at radius 2 is 2.00 bits per heavy atom. The molecule has 1 aliphatic heterocycles. The van der Waals surface area contributed by atoms with Crippen LogP contribution in [0.15, 0.2) is 64.6 Å². The Kier molecular flexibility index (Phi) is 7.57. The van der Waals surface area contributed by atoms with Crippen LogP contribution in [0.4, 0.5) is 14.5 Å². The highest BCUT2D eigenvalue weighted by Gasteiger charge is 2.30. The van der Waals surface area contributed by atoms with Gasteiger partial charge in [-0.2, -0.15) is 13.9 Å². The molecule has 1 atom stereocenters. The molecule has 0 fully saturated rings. The van der Waals surface area contributed by atoms with Crippen LogP contribution in [0.1, 0.15) is 41.4 Å². The van der Waals surface area contributed by atoms with Crippen molar-refractivity contribution in [3.8, 4) is 11.5 Å². The van der Waals surface area contributed by atoms with Gasteiger partial charge in [-0.1, -0.05) is 19.1 Å². The zero-order valence-corrected chi connectivity index (χ0v) is 19.6. The number of oxazole rings is 1. The van der Waals surface area contributed by atoms with Crippen molar-refractivity contribution < 1.29 is 32.3 Å². The number of hydrogen-bond acceptors (Lipinski definition) is 7. The quantitative estimate of drug-likeness (QED) is 0.458. The Labute approximate surface area is 205 Å². The van der Waals surface area contributed by atoms with Crippen molar-refractivity contribution in [3.63, 3.8) is 0 Å². The van der Waals surface area contributed by atoms with Gasteiger partial charge < -0.3 is 19.2 Å². The second-order valence-electron chi connectivity index (χ2n) is 8.01. The van der Waals surface area contributed by atoms with E-state index in [1.165, 1.54) is 36.8 Å². The lowest BCUT2D eigenvalue weighted by molar-refractivity contribution is -0.133. The number of nitrogens with one attached hydrogen (secondary N) is 1. The number of nitrogens with zero attached hydrogens (tertiary/aromatic N) is 3. The van der Waals surface area contributed by atoms with Crippen LogP contribution >= 0.6 is 0 Å². The van der Waals surface area contributed by atoms with Gasteiger partial charge in [0.1, 0.15) is 0 Å². The molecule has 0 aliphatic carbocycles. The first-order chi connectivity index (χ1) is 17.4. The van der Waals surface area contributed by atoms with Crippen LogP contribution in [0.5, 0.6) is 11.5 Å². The van der Waals surface area contributed by atoms with E-state index < -0.39 is 12.5 Å². The van der Waals surface area contributed by atoms with Crippen LogP contribution in [0, 0.1) is 5.92 Å². The van der Waals surface area contributed by atoms with Gasteiger partial charge in [0, 0.05) is 23.6 Å². The first kappa shape index (κ1) is 24.8. The molecule has 1 unspecified atom stereocenters. The third-order valence-electron chi connectivity index (χ3n) is 5.69. The maximum absolute atomic E-state index is 12.9. The third-order valence-corrected chi connectivity index (χ3v) is 5.69. The van der Waals surface area contributed by atoms with Crippen molar-refractivity contribution in [2.24, 2.45) is 11.0 Å². The van der Waals surface area contributed by atoms with E-state index in [9.17, 15) is 18.4 Å². The summed E-state index contributed by atoms with van der Waals surface area (Å²) < 4.78 is 40.5. The predicted molar refractivity (Wildman–Crippen MR) is 126 cm³/mol. The summed E-state index contributed by atoms with van der Waals surface area (Å²) in [6.07, 6.45) is 3.37. The van der Waals surface area contributed by atoms with E-state index in [-0.39, 0.29) is 42.0 Å². The minimum absolute atomic E-state index is 0.0889. The summed E-state index contributed by atoms with van der Waals surface area (Å²) >= 11 is 0. The van der Waals surface area contributed by atoms with Gasteiger partial charge in [-0.15, -0.1) is 0 Å². The molecule has 2 amide bonds. The number of ether oxygens (including phenoxy) is 2. The van der Waals surface area contributed by atoms with E-state index in [0.717, 1.165) is 5.56 Å². The number of methoxy groups -OCH3 is 1. The van der Waals surface area contributed by atoms with Crippen molar-refractivity contribution in [2.45, 2.75) is 32.9 Å². The van der Waals surface area contributed by atoms with Crippen molar-refractivity contribution in [3.05, 3.63) is 71.9 Å². The molecule has 36 heavy (non-hydrogen) atoms. The van der Waals surface area contributed by atoms with E-state index >= 15 is 0 Å². The monoisotopic (exact) mass is 498 g/mol. The zero-order valence-electron chi connectivity index (χ0n) is 19.6. The molecule has 3 aromatic rings. The summed E-state index contributed by atoms with van der Waals surface area (Å²) in [6.45, 7) is -0.869. The number of benzene rings is 2. The third kappa shape index (κ3) is 5.68. The Morgan fingerprint density at radius 3 is 2.64 bits per heavy atom. The lowest BCUT2D eigenvalue weighted by Gasteiger charge is -2.29. The molecule has 0 radical (unpaired) electrons. The molecule has 2 heterocycles. The molecular weight excluding hydrogens is 474 g/mol. The standard InChI is InChI=1S/C25H24F2N4O5/c1-3-16-11-22(32)31(30-23(16)17-6-9-19(34-2)20(10-17)36-25(26)27)13-15-4-7-18(8-5-15)29-24(33)21-12-28-14-35-21/h4-10,12,14,16,25H,3,11,13H2,1-2H3,(H,29,33). The van der Waals surface area contributed by atoms with Crippen LogP contribution in [0.25, 0.3) is 0 Å². The molecule has 0 saturated carbocycles. The summed E-state index contributed by atoms with van der Waals surface area (Å²) in [6, 6.07) is 11.6. The number of carbonyl (C=O) groups excluding carboxylic acids is 2. The highest BCUT2D eigenvalue weighted by molar-refractivity contribution is 6.06. The number of hydrazone groups is 1. The number of halogens is 2. The van der Waals surface area contributed by atoms with Gasteiger partial charge in [0.2, 0.25) is 11.7 Å². The van der Waals surface area contributed by atoms with Crippen LogP contribution in [0.2, 0.25) is 0 Å². The van der Waals surface area contributed by atoms with Gasteiger partial charge in [-0.05, 0) is 42.3 Å². The normalized spacial score (nSPS) is 15.6. The van der Waals surface area contributed by atoms with Crippen molar-refractivity contribution in [1.29, 1.82) is 0 Å². The Balaban J connectivity index is 1.54. The second-order valence-corrected chi connectivity index (χ2v) is 8.01. The average molecular weight is 498 g/mol. The molecule has 1 aliphatic rings. The van der Waals surface area contributed by atoms with Crippen molar-refractivity contribution in [1.82, 2.24) is 9.99 Å². The van der Waals surface area contributed by atoms with Gasteiger partial charge in [0.05, 0.1) is 25.6 Å². The van der Waals surface area contributed by atoms with Gasteiger partial charge >= 0.3 is 6.61 Å². The molecule has 188 valence electrons. The number of anilines is 1. The number of alkyl halides is 2. The average Bonchev–Trinajstić information content (AvgIpc) is 3.41. The molecular formula is C25H24F2N4O5. The van der Waals surface area contributed by atoms with Crippen molar-refractivity contribution >= 4 is 23.2 Å². The van der Waals surface area contributed by atoms with Gasteiger partial charge in [-0.3, -0.25) is 9.59 Å². The lowest BCUT2D eigenvalue weighted by Crippen LogP contribution is -2.36. The summed E-state index contributed by atoms with van der Waals surface area (Å²) in [7, 11) is 1.37. The largest absolute Gasteiger partial charge is 0.493 e. The molecule has 1 aromatic heterocycles. The van der Waals surface area contributed by atoms with Crippen molar-refractivity contribution in [2.75, 3.05) is 12.4 Å². The first-order valence-corrected chi connectivity index (χ1v) is 11.2. The summed E-state index contributed by atoms with van der Waals surface area (Å²) in [4.78, 5) is 28.6. The predicted octanol–water partition coefficient (Wildman–Crippen LogP) is 4.70. The number of carbonyl (C=O) groups is 2. The molecule has 0 spiro atoms. The fourth-order valence-electron chi connectivity index (χ4n) is 3.85. The molecule has 2 aromatic carbocycles. The smallest absolute Gasteiger partial charge is 0.387 e. The minimum Gasteiger partial charge on any atom is -0.493 e. The first-order valence-electron chi connectivity index (χ1n) is 11.2. The van der Waals surface area contributed by atoms with Gasteiger partial charge in [-0.25, -0.2) is 9.99 Å². The Morgan fingerprint density at radius 1 is 1.22 bits per heavy atom. The highest BCUT2D eigenvalue weighted by Crippen LogP contribution is 2.33. The summed E-state index contributed by atoms with van der Waals surface area (Å²) in [5.41, 5.74) is 2.51. The Bertz CT molecular complexity index is 1250. The van der Waals surface area contributed by atoms with E-state index in [1.807, 2.05) is 6.92 Å². The van der Waals surface area contributed by atoms with E-state index in [2.05, 4.69) is 20.1 Å². The van der Waals surface area contributed by atoms with Crippen LogP contribution < -0.4 is 14.8 Å². The van der Waals surface area contributed by atoms with E-state index in [0.29, 0.717) is 23.4 Å². The number of amides is 2. The maximum atomic E-state index is 12.9. The van der Waals surface area contributed by atoms with E-state index in [4.69, 9.17) is 9.15 Å². The van der Waals surface area contributed by atoms with Gasteiger partial charge in [0.25, 0.3) is 5.91 Å². The summed E-state index contributed by atoms with van der Waals surface area (Å²) in [5, 5.41) is 8.65. The number of rotatable bonds is 9. The fraction of sp³-hybridized carbons (Fsp3) is 0.280. The molecule has 0 saturated heterocycles. The zero-order chi connectivity index (χ0) is 25.7. The Hall–Kier alpha value is -4.28. The molecule has 4 rings (SSSR count). The number of hydrogen-bond donors (Lipinski definition) is 1. The molecule has 11 heteroatoms. The second kappa shape index (κ2) is 11.0. The molecule has 9 nitrogen and oxygen atoms in total. The van der Waals surface area contributed by atoms with Crippen LogP contribution in [-0.2, 0) is 11.3 Å². The fourth-order valence-corrected chi connectivity index (χ4v) is 3.85. The SMILES string of the molecule is CCC1CC(=O)N(Cc2ccc(NC(=O)c3cnco3)cc2)N=C1c1ccc(OC)c(OC(F)F)c1. The van der Waals surface area contributed by atoms with Crippen LogP contribution in [-0.4, -0.2) is 41.2 Å².